The van der Waals surface area contributed by atoms with Gasteiger partial charge in [0.25, 0.3) is 11.6 Å². The highest BCUT2D eigenvalue weighted by atomic mass is 35.5. The van der Waals surface area contributed by atoms with Crippen molar-refractivity contribution in [3.05, 3.63) is 62.9 Å². The van der Waals surface area contributed by atoms with Crippen molar-refractivity contribution >= 4 is 34.6 Å². The molecule has 2 aromatic carbocycles. The molecule has 2 aromatic rings. The number of hydrogen-bond acceptors (Lipinski definition) is 4. The smallest absolute Gasteiger partial charge is 0.292 e. The second kappa shape index (κ2) is 5.76. The minimum Gasteiger partial charge on any atom is -0.393 e. The van der Waals surface area contributed by atoms with Gasteiger partial charge in [-0.15, -0.1) is 0 Å². The van der Waals surface area contributed by atoms with Gasteiger partial charge < -0.3 is 11.1 Å². The molecule has 0 aromatic heterocycles. The summed E-state index contributed by atoms with van der Waals surface area (Å²) >= 11 is 5.67. The van der Waals surface area contributed by atoms with Gasteiger partial charge in [-0.3, -0.25) is 14.9 Å². The van der Waals surface area contributed by atoms with Gasteiger partial charge in [0.1, 0.15) is 11.5 Å². The third-order valence-electron chi connectivity index (χ3n) is 2.64. The summed E-state index contributed by atoms with van der Waals surface area (Å²) in [5.74, 6) is -1.32. The van der Waals surface area contributed by atoms with Crippen LogP contribution in [0.3, 0.4) is 0 Å². The second-order valence-corrected chi connectivity index (χ2v) is 4.54. The molecule has 0 unspecified atom stereocenters. The Kier molecular flexibility index (Phi) is 4.04. The Morgan fingerprint density at radius 3 is 2.67 bits per heavy atom. The van der Waals surface area contributed by atoms with E-state index in [0.29, 0.717) is 0 Å². The van der Waals surface area contributed by atoms with Crippen molar-refractivity contribution in [2.24, 2.45) is 0 Å². The third kappa shape index (κ3) is 3.26. The molecule has 0 radical (unpaired) electrons. The lowest BCUT2D eigenvalue weighted by Crippen LogP contribution is -2.15. The van der Waals surface area contributed by atoms with Crippen LogP contribution in [0, 0.1) is 15.9 Å². The summed E-state index contributed by atoms with van der Waals surface area (Å²) in [7, 11) is 0. The van der Waals surface area contributed by atoms with E-state index in [9.17, 15) is 19.3 Å². The maximum Gasteiger partial charge on any atom is 0.292 e. The molecule has 1 amide bonds. The molecule has 0 aliphatic rings. The standard InChI is InChI=1S/C13H9ClFN3O3/c14-7-4-8(15)6-9(5-7)17-13(19)10-2-1-3-11(12(10)16)18(20)21/h1-6H,16H2,(H,17,19). The predicted molar refractivity (Wildman–Crippen MR) is 76.9 cm³/mol. The number of carbonyl (C=O) groups is 1. The number of hydrogen-bond donors (Lipinski definition) is 2. The first-order valence-electron chi connectivity index (χ1n) is 5.69. The van der Waals surface area contributed by atoms with E-state index in [-0.39, 0.29) is 27.6 Å². The first-order valence-corrected chi connectivity index (χ1v) is 6.06. The van der Waals surface area contributed by atoms with Gasteiger partial charge >= 0.3 is 0 Å². The molecule has 0 spiro atoms. The first kappa shape index (κ1) is 14.7. The largest absolute Gasteiger partial charge is 0.393 e. The lowest BCUT2D eigenvalue weighted by Gasteiger charge is -2.08. The Hall–Kier alpha value is -2.67. The van der Waals surface area contributed by atoms with E-state index in [2.05, 4.69) is 5.32 Å². The minimum atomic E-state index is -0.696. The van der Waals surface area contributed by atoms with Crippen LogP contribution in [-0.2, 0) is 0 Å². The number of carbonyl (C=O) groups excluding carboxylic acids is 1. The molecule has 0 aliphatic carbocycles. The number of para-hydroxylation sites is 1. The van der Waals surface area contributed by atoms with Gasteiger partial charge in [-0.25, -0.2) is 4.39 Å². The summed E-state index contributed by atoms with van der Waals surface area (Å²) in [6, 6.07) is 7.35. The Morgan fingerprint density at radius 2 is 2.05 bits per heavy atom. The fraction of sp³-hybridized carbons (Fsp3) is 0. The summed E-state index contributed by atoms with van der Waals surface area (Å²) in [5, 5.41) is 13.3. The topological polar surface area (TPSA) is 98.3 Å². The average Bonchev–Trinajstić information content (AvgIpc) is 2.37. The normalized spacial score (nSPS) is 10.2. The molecular weight excluding hydrogens is 301 g/mol. The van der Waals surface area contributed by atoms with Crippen molar-refractivity contribution < 1.29 is 14.1 Å². The van der Waals surface area contributed by atoms with E-state index >= 15 is 0 Å². The third-order valence-corrected chi connectivity index (χ3v) is 2.86. The van der Waals surface area contributed by atoms with Crippen LogP contribution < -0.4 is 11.1 Å². The molecule has 0 atom stereocenters. The van der Waals surface area contributed by atoms with Crippen LogP contribution in [0.25, 0.3) is 0 Å². The van der Waals surface area contributed by atoms with E-state index in [1.165, 1.54) is 24.3 Å². The van der Waals surface area contributed by atoms with Gasteiger partial charge in [0.15, 0.2) is 0 Å². The molecule has 0 saturated heterocycles. The van der Waals surface area contributed by atoms with Crippen LogP contribution in [0.4, 0.5) is 21.5 Å². The molecule has 0 bridgehead atoms. The molecule has 21 heavy (non-hydrogen) atoms. The van der Waals surface area contributed by atoms with Crippen molar-refractivity contribution in [2.75, 3.05) is 11.1 Å². The molecule has 0 saturated carbocycles. The molecular formula is C13H9ClFN3O3. The van der Waals surface area contributed by atoms with Gasteiger partial charge in [0, 0.05) is 16.8 Å². The molecule has 0 fully saturated rings. The van der Waals surface area contributed by atoms with Crippen molar-refractivity contribution in [3.8, 4) is 0 Å². The number of amides is 1. The van der Waals surface area contributed by atoms with Crippen molar-refractivity contribution in [1.29, 1.82) is 0 Å². The van der Waals surface area contributed by atoms with Crippen LogP contribution in [0.5, 0.6) is 0 Å². The maximum atomic E-state index is 13.2. The number of halogens is 2. The average molecular weight is 310 g/mol. The molecule has 0 aliphatic heterocycles. The van der Waals surface area contributed by atoms with Gasteiger partial charge in [-0.05, 0) is 24.3 Å². The zero-order valence-corrected chi connectivity index (χ0v) is 11.2. The van der Waals surface area contributed by atoms with E-state index in [1.54, 1.807) is 0 Å². The summed E-state index contributed by atoms with van der Waals surface area (Å²) < 4.78 is 13.2. The summed E-state index contributed by atoms with van der Waals surface area (Å²) in [6.07, 6.45) is 0. The zero-order chi connectivity index (χ0) is 15.6. The molecule has 2 rings (SSSR count). The van der Waals surface area contributed by atoms with Gasteiger partial charge in [-0.2, -0.15) is 0 Å². The van der Waals surface area contributed by atoms with Crippen molar-refractivity contribution in [1.82, 2.24) is 0 Å². The van der Waals surface area contributed by atoms with Crippen molar-refractivity contribution in [3.63, 3.8) is 0 Å². The number of nitrogen functional groups attached to an aromatic ring is 1. The molecule has 3 N–H and O–H groups in total. The number of nitrogens with two attached hydrogens (primary N) is 1. The fourth-order valence-electron chi connectivity index (χ4n) is 1.73. The van der Waals surface area contributed by atoms with Crippen molar-refractivity contribution in [2.45, 2.75) is 0 Å². The number of rotatable bonds is 3. The SMILES string of the molecule is Nc1c(C(=O)Nc2cc(F)cc(Cl)c2)cccc1[N+](=O)[O-]. The van der Waals surface area contributed by atoms with Crippen LogP contribution in [0.1, 0.15) is 10.4 Å². The Morgan fingerprint density at radius 1 is 1.33 bits per heavy atom. The van der Waals surface area contributed by atoms with E-state index in [0.717, 1.165) is 12.1 Å². The summed E-state index contributed by atoms with van der Waals surface area (Å²) in [6.45, 7) is 0. The lowest BCUT2D eigenvalue weighted by molar-refractivity contribution is -0.383. The maximum absolute atomic E-state index is 13.2. The van der Waals surface area contributed by atoms with Crippen LogP contribution >= 0.6 is 11.6 Å². The minimum absolute atomic E-state index is 0.0791. The van der Waals surface area contributed by atoms with E-state index in [1.807, 2.05) is 0 Å². The zero-order valence-electron chi connectivity index (χ0n) is 10.5. The second-order valence-electron chi connectivity index (χ2n) is 4.11. The number of nitrogens with one attached hydrogen (secondary N) is 1. The van der Waals surface area contributed by atoms with Gasteiger partial charge in [0.05, 0.1) is 10.5 Å². The van der Waals surface area contributed by atoms with Crippen LogP contribution in [0.2, 0.25) is 5.02 Å². The fourth-order valence-corrected chi connectivity index (χ4v) is 1.96. The molecule has 6 nitrogen and oxygen atoms in total. The van der Waals surface area contributed by atoms with E-state index in [4.69, 9.17) is 17.3 Å². The Bertz CT molecular complexity index is 716. The highest BCUT2D eigenvalue weighted by Crippen LogP contribution is 2.26. The first-order chi connectivity index (χ1) is 9.88. The number of nitro benzene ring substituents is 1. The van der Waals surface area contributed by atoms with Gasteiger partial charge in [-0.1, -0.05) is 17.7 Å². The van der Waals surface area contributed by atoms with E-state index < -0.39 is 16.6 Å². The highest BCUT2D eigenvalue weighted by Gasteiger charge is 2.19. The molecule has 8 heteroatoms. The molecule has 108 valence electrons. The number of nitrogens with zero attached hydrogens (tertiary/aromatic N) is 1. The lowest BCUT2D eigenvalue weighted by atomic mass is 10.1. The monoisotopic (exact) mass is 309 g/mol. The summed E-state index contributed by atoms with van der Waals surface area (Å²) in [5.41, 5.74) is 5.00. The van der Waals surface area contributed by atoms with Gasteiger partial charge in [0.2, 0.25) is 0 Å². The highest BCUT2D eigenvalue weighted by molar-refractivity contribution is 6.31. The number of nitro groups is 1. The number of anilines is 2. The number of benzene rings is 2. The Labute approximate surface area is 123 Å². The Balaban J connectivity index is 2.33. The quantitative estimate of drug-likeness (QED) is 0.516. The summed E-state index contributed by atoms with van der Waals surface area (Å²) in [4.78, 5) is 22.1. The van der Waals surface area contributed by atoms with Crippen LogP contribution in [-0.4, -0.2) is 10.8 Å². The predicted octanol–water partition coefficient (Wildman–Crippen LogP) is 3.22. The molecule has 0 heterocycles. The van der Waals surface area contributed by atoms with Crippen LogP contribution in [0.15, 0.2) is 36.4 Å².